The lowest BCUT2D eigenvalue weighted by molar-refractivity contribution is -0.165. The number of nitrogens with zero attached hydrogens (tertiary/aromatic N) is 4. The molecule has 2 heterocycles. The van der Waals surface area contributed by atoms with Crippen molar-refractivity contribution in [3.8, 4) is 0 Å². The minimum atomic E-state index is -3.13. The summed E-state index contributed by atoms with van der Waals surface area (Å²) >= 11 is 0. The topological polar surface area (TPSA) is 91.2 Å². The van der Waals surface area contributed by atoms with Gasteiger partial charge in [0.1, 0.15) is 17.6 Å². The van der Waals surface area contributed by atoms with Gasteiger partial charge < -0.3 is 19.4 Å². The minimum Gasteiger partial charge on any atom is -0.383 e. The highest BCUT2D eigenvalue weighted by atomic mass is 19.3. The Hall–Kier alpha value is -3.12. The third kappa shape index (κ3) is 5.19. The molecule has 0 saturated carbocycles. The first-order valence-electron chi connectivity index (χ1n) is 9.58. The van der Waals surface area contributed by atoms with Gasteiger partial charge in [-0.3, -0.25) is 9.78 Å². The van der Waals surface area contributed by atoms with Gasteiger partial charge in [-0.15, -0.1) is 0 Å². The zero-order valence-corrected chi connectivity index (χ0v) is 17.5. The molecule has 1 aromatic carbocycles. The number of hydrogen-bond donors (Lipinski definition) is 1. The van der Waals surface area contributed by atoms with E-state index in [1.165, 1.54) is 31.0 Å². The highest BCUT2D eigenvalue weighted by Gasteiger charge is 2.31. The molecule has 1 N–H and O–H groups in total. The van der Waals surface area contributed by atoms with E-state index in [0.29, 0.717) is 5.69 Å². The number of nitrogens with one attached hydrogen (secondary N) is 1. The molecule has 0 aliphatic heterocycles. The van der Waals surface area contributed by atoms with Gasteiger partial charge in [0.15, 0.2) is 11.6 Å². The molecule has 0 radical (unpaired) electrons. The van der Waals surface area contributed by atoms with Crippen molar-refractivity contribution in [3.63, 3.8) is 0 Å². The zero-order chi connectivity index (χ0) is 23.4. The second-order valence-electron chi connectivity index (χ2n) is 6.97. The molecule has 2 atom stereocenters. The van der Waals surface area contributed by atoms with Gasteiger partial charge in [-0.25, -0.2) is 18.7 Å². The summed E-state index contributed by atoms with van der Waals surface area (Å²) in [5.74, 6) is -2.87. The fourth-order valence-electron chi connectivity index (χ4n) is 3.15. The van der Waals surface area contributed by atoms with Crippen LogP contribution in [0.5, 0.6) is 0 Å². The summed E-state index contributed by atoms with van der Waals surface area (Å²) in [5, 5.41) is 2.57. The van der Waals surface area contributed by atoms with Crippen molar-refractivity contribution in [2.24, 2.45) is 0 Å². The smallest absolute Gasteiger partial charge is 0.345 e. The first-order valence-corrected chi connectivity index (χ1v) is 9.58. The first kappa shape index (κ1) is 23.5. The molecule has 172 valence electrons. The summed E-state index contributed by atoms with van der Waals surface area (Å²) in [6, 6.07) is 0.621. The summed E-state index contributed by atoms with van der Waals surface area (Å²) in [6.45, 7) is 0.165. The van der Waals surface area contributed by atoms with Gasteiger partial charge in [-0.2, -0.15) is 8.78 Å². The van der Waals surface area contributed by atoms with E-state index in [1.54, 1.807) is 6.92 Å². The molecule has 3 rings (SSSR count). The van der Waals surface area contributed by atoms with Crippen LogP contribution in [-0.4, -0.2) is 51.9 Å². The minimum absolute atomic E-state index is 0.0542. The van der Waals surface area contributed by atoms with Gasteiger partial charge in [0.05, 0.1) is 35.6 Å². The molecule has 8 nitrogen and oxygen atoms in total. The summed E-state index contributed by atoms with van der Waals surface area (Å²) in [6.07, 6.45) is 1.35. The van der Waals surface area contributed by atoms with Crippen molar-refractivity contribution >= 4 is 16.9 Å². The van der Waals surface area contributed by atoms with Gasteiger partial charge in [0, 0.05) is 32.0 Å². The fraction of sp³-hybridized carbons (Fsp3) is 0.400. The second-order valence-corrected chi connectivity index (χ2v) is 6.97. The van der Waals surface area contributed by atoms with Gasteiger partial charge in [-0.1, -0.05) is 0 Å². The summed E-state index contributed by atoms with van der Waals surface area (Å²) in [4.78, 5) is 25.0. The van der Waals surface area contributed by atoms with E-state index in [0.717, 1.165) is 12.1 Å². The maximum Gasteiger partial charge on any atom is 0.345 e. The van der Waals surface area contributed by atoms with Crippen LogP contribution in [0.25, 0.3) is 11.0 Å². The van der Waals surface area contributed by atoms with Gasteiger partial charge in [-0.05, 0) is 13.8 Å². The molecular formula is C20H21F4N5O3. The maximum absolute atomic E-state index is 13.9. The molecule has 0 unspecified atom stereocenters. The van der Waals surface area contributed by atoms with E-state index < -0.39 is 36.3 Å². The van der Waals surface area contributed by atoms with Crippen LogP contribution in [0.15, 0.2) is 24.5 Å². The van der Waals surface area contributed by atoms with Crippen molar-refractivity contribution in [1.82, 2.24) is 24.8 Å². The molecule has 0 aliphatic carbocycles. The number of imidazole rings is 1. The number of aromatic nitrogens is 4. The number of rotatable bonds is 9. The largest absolute Gasteiger partial charge is 0.383 e. The van der Waals surface area contributed by atoms with Crippen LogP contribution in [0.2, 0.25) is 0 Å². The lowest BCUT2D eigenvalue weighted by Gasteiger charge is -2.25. The number of carbonyl (C=O) groups is 1. The molecule has 32 heavy (non-hydrogen) atoms. The van der Waals surface area contributed by atoms with Crippen LogP contribution in [0.1, 0.15) is 35.0 Å². The molecule has 0 fully saturated rings. The van der Waals surface area contributed by atoms with E-state index >= 15 is 0 Å². The second kappa shape index (κ2) is 10.0. The number of alkyl halides is 2. The molecule has 3 aromatic rings. The third-order valence-electron chi connectivity index (χ3n) is 4.70. The van der Waals surface area contributed by atoms with Crippen molar-refractivity contribution < 1.29 is 31.8 Å². The summed E-state index contributed by atoms with van der Waals surface area (Å²) < 4.78 is 64.8. The molecule has 0 bridgehead atoms. The SMILES string of the molecule is COCCn1c([C@@H](NC(=O)c2cnc(C)cn2)[C@@H](C)OC(F)F)nc2cc(F)c(F)cc21. The third-order valence-corrected chi connectivity index (χ3v) is 4.70. The monoisotopic (exact) mass is 455 g/mol. The molecule has 12 heteroatoms. The molecular weight excluding hydrogens is 434 g/mol. The number of benzene rings is 1. The van der Waals surface area contributed by atoms with Gasteiger partial charge in [0.25, 0.3) is 5.91 Å². The van der Waals surface area contributed by atoms with Crippen LogP contribution in [0.3, 0.4) is 0 Å². The highest BCUT2D eigenvalue weighted by Crippen LogP contribution is 2.27. The van der Waals surface area contributed by atoms with Crippen molar-refractivity contribution in [1.29, 1.82) is 0 Å². The maximum atomic E-state index is 13.9. The quantitative estimate of drug-likeness (QED) is 0.499. The van der Waals surface area contributed by atoms with E-state index in [4.69, 9.17) is 4.74 Å². The van der Waals surface area contributed by atoms with Crippen LogP contribution < -0.4 is 5.32 Å². The molecule has 0 aliphatic rings. The lowest BCUT2D eigenvalue weighted by Crippen LogP contribution is -2.39. The standard InChI is InChI=1S/C20H21F4N5O3/c1-10-8-26-15(9-25-10)19(30)28-17(11(2)32-20(23)24)18-27-14-6-12(21)13(22)7-16(14)29(18)4-5-31-3/h6-9,11,17,20H,4-5H2,1-3H3,(H,28,30)/t11-,17+/m1/s1. The number of carbonyl (C=O) groups excluding carboxylic acids is 1. The van der Waals surface area contributed by atoms with Crippen molar-refractivity contribution in [2.75, 3.05) is 13.7 Å². The number of hydrogen-bond acceptors (Lipinski definition) is 6. The van der Waals surface area contributed by atoms with Crippen molar-refractivity contribution in [2.45, 2.75) is 39.1 Å². The Bertz CT molecular complexity index is 1090. The lowest BCUT2D eigenvalue weighted by atomic mass is 10.1. The van der Waals surface area contributed by atoms with Gasteiger partial charge >= 0.3 is 6.61 Å². The zero-order valence-electron chi connectivity index (χ0n) is 17.5. The van der Waals surface area contributed by atoms with Crippen LogP contribution in [0.4, 0.5) is 17.6 Å². The van der Waals surface area contributed by atoms with E-state index in [9.17, 15) is 22.4 Å². The number of halogens is 4. The average molecular weight is 455 g/mol. The average Bonchev–Trinajstić information content (AvgIpc) is 3.07. The molecule has 2 aromatic heterocycles. The number of amides is 1. The number of aryl methyl sites for hydroxylation is 1. The molecule has 0 saturated heterocycles. The summed E-state index contributed by atoms with van der Waals surface area (Å²) in [7, 11) is 1.44. The normalized spacial score (nSPS) is 13.5. The predicted molar refractivity (Wildman–Crippen MR) is 105 cm³/mol. The Kier molecular flexibility index (Phi) is 7.36. The number of methoxy groups -OCH3 is 1. The van der Waals surface area contributed by atoms with Gasteiger partial charge in [0.2, 0.25) is 0 Å². The van der Waals surface area contributed by atoms with E-state index in [1.807, 2.05) is 0 Å². The Balaban J connectivity index is 2.08. The Morgan fingerprint density at radius 3 is 2.53 bits per heavy atom. The van der Waals surface area contributed by atoms with Crippen molar-refractivity contribution in [3.05, 3.63) is 53.4 Å². The fourth-order valence-corrected chi connectivity index (χ4v) is 3.15. The highest BCUT2D eigenvalue weighted by molar-refractivity contribution is 5.92. The first-order chi connectivity index (χ1) is 15.2. The summed E-state index contributed by atoms with van der Waals surface area (Å²) in [5.41, 5.74) is 0.808. The Labute approximate surface area is 180 Å². The predicted octanol–water partition coefficient (Wildman–Crippen LogP) is 3.16. The number of ether oxygens (including phenoxy) is 2. The van der Waals surface area contributed by atoms with Crippen LogP contribution in [0, 0.1) is 18.6 Å². The molecule has 1 amide bonds. The number of fused-ring (bicyclic) bond motifs is 1. The van der Waals surface area contributed by atoms with E-state index in [2.05, 4.69) is 25.0 Å². The van der Waals surface area contributed by atoms with Crippen LogP contribution in [-0.2, 0) is 16.0 Å². The Morgan fingerprint density at radius 2 is 1.91 bits per heavy atom. The van der Waals surface area contributed by atoms with Crippen LogP contribution >= 0.6 is 0 Å². The molecule has 0 spiro atoms. The Morgan fingerprint density at radius 1 is 1.19 bits per heavy atom. The van der Waals surface area contributed by atoms with E-state index in [-0.39, 0.29) is 35.7 Å².